The van der Waals surface area contributed by atoms with Crippen LogP contribution in [0, 0.1) is 6.92 Å². The Morgan fingerprint density at radius 1 is 1.17 bits per heavy atom. The van der Waals surface area contributed by atoms with Crippen molar-refractivity contribution in [2.45, 2.75) is 13.8 Å². The second-order valence-corrected chi connectivity index (χ2v) is 4.66. The molecule has 0 amide bonds. The van der Waals surface area contributed by atoms with Gasteiger partial charge in [-0.2, -0.15) is 0 Å². The largest absolute Gasteiger partial charge is 0.507 e. The highest BCUT2D eigenvalue weighted by Crippen LogP contribution is 2.33. The van der Waals surface area contributed by atoms with Crippen molar-refractivity contribution < 1.29 is 9.90 Å². The summed E-state index contributed by atoms with van der Waals surface area (Å²) in [4.78, 5) is 11.2. The molecule has 2 aromatic carbocycles. The lowest BCUT2D eigenvalue weighted by atomic mass is 10.0. The van der Waals surface area contributed by atoms with E-state index in [1.54, 1.807) is 12.1 Å². The van der Waals surface area contributed by atoms with Gasteiger partial charge in [0.15, 0.2) is 5.78 Å². The molecule has 0 saturated heterocycles. The minimum Gasteiger partial charge on any atom is -0.507 e. The van der Waals surface area contributed by atoms with E-state index in [1.165, 1.54) is 13.0 Å². The summed E-state index contributed by atoms with van der Waals surface area (Å²) in [6, 6.07) is 10.5. The summed E-state index contributed by atoms with van der Waals surface area (Å²) in [5.41, 5.74) is 3.13. The summed E-state index contributed by atoms with van der Waals surface area (Å²) >= 11 is 5.94. The Labute approximate surface area is 111 Å². The van der Waals surface area contributed by atoms with Gasteiger partial charge in [0.25, 0.3) is 0 Å². The van der Waals surface area contributed by atoms with Crippen LogP contribution in [0.25, 0.3) is 11.1 Å². The molecular weight excluding hydrogens is 248 g/mol. The van der Waals surface area contributed by atoms with Crippen LogP contribution in [0.4, 0.5) is 0 Å². The predicted octanol–water partition coefficient (Wildman–Crippen LogP) is 4.22. The predicted molar refractivity (Wildman–Crippen MR) is 73.3 cm³/mol. The number of halogens is 1. The topological polar surface area (TPSA) is 37.3 Å². The van der Waals surface area contributed by atoms with Gasteiger partial charge in [0, 0.05) is 16.1 Å². The van der Waals surface area contributed by atoms with Crippen LogP contribution in [0.3, 0.4) is 0 Å². The summed E-state index contributed by atoms with van der Waals surface area (Å²) in [5, 5.41) is 10.4. The molecule has 2 nitrogen and oxygen atoms in total. The smallest absolute Gasteiger partial charge is 0.159 e. The van der Waals surface area contributed by atoms with E-state index in [-0.39, 0.29) is 11.5 Å². The fourth-order valence-electron chi connectivity index (χ4n) is 1.79. The van der Waals surface area contributed by atoms with Crippen LogP contribution in [0.15, 0.2) is 36.4 Å². The first kappa shape index (κ1) is 12.7. The zero-order chi connectivity index (χ0) is 13.3. The summed E-state index contributed by atoms with van der Waals surface area (Å²) in [6.07, 6.45) is 0. The molecular formula is C15H13ClO2. The van der Waals surface area contributed by atoms with Crippen molar-refractivity contribution in [3.05, 3.63) is 52.5 Å². The van der Waals surface area contributed by atoms with E-state index in [1.807, 2.05) is 25.1 Å². The van der Waals surface area contributed by atoms with Gasteiger partial charge in [-0.3, -0.25) is 4.79 Å². The van der Waals surface area contributed by atoms with Gasteiger partial charge in [-0.25, -0.2) is 0 Å². The van der Waals surface area contributed by atoms with Crippen LogP contribution in [-0.2, 0) is 0 Å². The number of benzene rings is 2. The van der Waals surface area contributed by atoms with E-state index in [0.717, 1.165) is 11.1 Å². The van der Waals surface area contributed by atoms with Crippen LogP contribution in [0.2, 0.25) is 5.02 Å². The molecule has 0 atom stereocenters. The Morgan fingerprint density at radius 3 is 2.33 bits per heavy atom. The third-order valence-electron chi connectivity index (χ3n) is 2.88. The number of ketones is 1. The number of aryl methyl sites for hydroxylation is 1. The van der Waals surface area contributed by atoms with Crippen molar-refractivity contribution in [3.63, 3.8) is 0 Å². The van der Waals surface area contributed by atoms with Crippen molar-refractivity contribution in [1.82, 2.24) is 0 Å². The zero-order valence-corrected chi connectivity index (χ0v) is 11.0. The Balaban J connectivity index is 2.49. The quantitative estimate of drug-likeness (QED) is 0.821. The number of phenols is 1. The molecule has 3 heteroatoms. The van der Waals surface area contributed by atoms with E-state index < -0.39 is 0 Å². The number of carbonyl (C=O) groups excluding carboxylic acids is 1. The Kier molecular flexibility index (Phi) is 3.39. The van der Waals surface area contributed by atoms with Crippen molar-refractivity contribution in [1.29, 1.82) is 0 Å². The van der Waals surface area contributed by atoms with E-state index in [0.29, 0.717) is 16.1 Å². The number of rotatable bonds is 2. The average Bonchev–Trinajstić information content (AvgIpc) is 2.34. The minimum absolute atomic E-state index is 0.0260. The zero-order valence-electron chi connectivity index (χ0n) is 10.2. The van der Waals surface area contributed by atoms with E-state index in [2.05, 4.69) is 0 Å². The van der Waals surface area contributed by atoms with Gasteiger partial charge >= 0.3 is 0 Å². The lowest BCUT2D eigenvalue weighted by Crippen LogP contribution is -1.91. The second kappa shape index (κ2) is 4.83. The average molecular weight is 261 g/mol. The standard InChI is InChI=1S/C15H13ClO2/c1-9-7-13(15(18)8-14(9)16)12-5-3-11(4-6-12)10(2)17/h3-8,18H,1-2H3. The Hall–Kier alpha value is -1.80. The molecule has 0 aliphatic heterocycles. The highest BCUT2D eigenvalue weighted by atomic mass is 35.5. The molecule has 1 N–H and O–H groups in total. The molecule has 0 aliphatic carbocycles. The molecule has 2 aromatic rings. The van der Waals surface area contributed by atoms with Crippen molar-refractivity contribution >= 4 is 17.4 Å². The molecule has 0 spiro atoms. The molecule has 0 fully saturated rings. The van der Waals surface area contributed by atoms with Gasteiger partial charge in [-0.05, 0) is 37.1 Å². The van der Waals surface area contributed by atoms with Crippen molar-refractivity contribution in [2.24, 2.45) is 0 Å². The summed E-state index contributed by atoms with van der Waals surface area (Å²) < 4.78 is 0. The molecule has 0 aliphatic rings. The maximum absolute atomic E-state index is 11.2. The summed E-state index contributed by atoms with van der Waals surface area (Å²) in [5.74, 6) is 0.166. The highest BCUT2D eigenvalue weighted by molar-refractivity contribution is 6.31. The third kappa shape index (κ3) is 2.39. The van der Waals surface area contributed by atoms with Crippen LogP contribution in [0.5, 0.6) is 5.75 Å². The Bertz CT molecular complexity index is 601. The molecule has 0 unspecified atom stereocenters. The Morgan fingerprint density at radius 2 is 1.78 bits per heavy atom. The summed E-state index contributed by atoms with van der Waals surface area (Å²) in [7, 11) is 0. The molecule has 0 bridgehead atoms. The molecule has 0 saturated carbocycles. The molecule has 18 heavy (non-hydrogen) atoms. The van der Waals surface area contributed by atoms with Gasteiger partial charge in [-0.15, -0.1) is 0 Å². The monoisotopic (exact) mass is 260 g/mol. The molecule has 0 aromatic heterocycles. The van der Waals surface area contributed by atoms with Crippen molar-refractivity contribution in [2.75, 3.05) is 0 Å². The number of hydrogen-bond donors (Lipinski definition) is 1. The van der Waals surface area contributed by atoms with Gasteiger partial charge in [-0.1, -0.05) is 35.9 Å². The molecule has 2 rings (SSSR count). The maximum atomic E-state index is 11.2. The fraction of sp³-hybridized carbons (Fsp3) is 0.133. The first-order chi connectivity index (χ1) is 8.49. The number of aromatic hydroxyl groups is 1. The second-order valence-electron chi connectivity index (χ2n) is 4.25. The summed E-state index contributed by atoms with van der Waals surface area (Å²) in [6.45, 7) is 3.41. The van der Waals surface area contributed by atoms with Gasteiger partial charge in [0.2, 0.25) is 0 Å². The third-order valence-corrected chi connectivity index (χ3v) is 3.29. The van der Waals surface area contributed by atoms with Gasteiger partial charge < -0.3 is 5.11 Å². The fourth-order valence-corrected chi connectivity index (χ4v) is 1.94. The van der Waals surface area contributed by atoms with E-state index in [4.69, 9.17) is 11.6 Å². The minimum atomic E-state index is 0.0260. The first-order valence-corrected chi connectivity index (χ1v) is 5.97. The lowest BCUT2D eigenvalue weighted by molar-refractivity contribution is 0.101. The molecule has 0 heterocycles. The van der Waals surface area contributed by atoms with E-state index >= 15 is 0 Å². The van der Waals surface area contributed by atoms with Crippen LogP contribution >= 0.6 is 11.6 Å². The number of hydrogen-bond acceptors (Lipinski definition) is 2. The SMILES string of the molecule is CC(=O)c1ccc(-c2cc(C)c(Cl)cc2O)cc1. The highest BCUT2D eigenvalue weighted by Gasteiger charge is 2.08. The van der Waals surface area contributed by atoms with Gasteiger partial charge in [0.05, 0.1) is 0 Å². The van der Waals surface area contributed by atoms with Gasteiger partial charge in [0.1, 0.15) is 5.75 Å². The van der Waals surface area contributed by atoms with Crippen LogP contribution < -0.4 is 0 Å². The molecule has 92 valence electrons. The number of phenolic OH excluding ortho intramolecular Hbond substituents is 1. The van der Waals surface area contributed by atoms with Crippen LogP contribution in [-0.4, -0.2) is 10.9 Å². The van der Waals surface area contributed by atoms with Crippen molar-refractivity contribution in [3.8, 4) is 16.9 Å². The molecule has 0 radical (unpaired) electrons. The van der Waals surface area contributed by atoms with Crippen LogP contribution in [0.1, 0.15) is 22.8 Å². The maximum Gasteiger partial charge on any atom is 0.159 e. The number of carbonyl (C=O) groups is 1. The lowest BCUT2D eigenvalue weighted by Gasteiger charge is -2.08. The normalized spacial score (nSPS) is 10.4. The van der Waals surface area contributed by atoms with E-state index in [9.17, 15) is 9.90 Å². The first-order valence-electron chi connectivity index (χ1n) is 5.59. The number of Topliss-reactive ketones (excluding diaryl/α,β-unsaturated/α-hetero) is 1.